The molecule has 2 fully saturated rings. The second kappa shape index (κ2) is 3.79. The van der Waals surface area contributed by atoms with E-state index in [4.69, 9.17) is 0 Å². The molecule has 2 saturated carbocycles. The normalized spacial score (nSPS) is 35.5. The van der Waals surface area contributed by atoms with E-state index in [1.54, 1.807) is 0 Å². The van der Waals surface area contributed by atoms with Crippen LogP contribution in [0.5, 0.6) is 0 Å². The van der Waals surface area contributed by atoms with Gasteiger partial charge in [0.2, 0.25) is 0 Å². The first-order valence-electron chi connectivity index (χ1n) is 6.24. The van der Waals surface area contributed by atoms with Crippen molar-refractivity contribution in [3.05, 3.63) is 0 Å². The van der Waals surface area contributed by atoms with Gasteiger partial charge in [0.05, 0.1) is 6.07 Å². The summed E-state index contributed by atoms with van der Waals surface area (Å²) in [7, 11) is 0. The van der Waals surface area contributed by atoms with Crippen LogP contribution in [0.4, 0.5) is 0 Å². The van der Waals surface area contributed by atoms with E-state index in [1.807, 2.05) is 0 Å². The van der Waals surface area contributed by atoms with Crippen molar-refractivity contribution in [3.8, 4) is 6.07 Å². The third-order valence-electron chi connectivity index (χ3n) is 3.96. The van der Waals surface area contributed by atoms with Crippen LogP contribution in [0.25, 0.3) is 0 Å². The SMILES string of the molecule is CC1(C)CCCC(C#N)(NC2CC2)CC1. The second-order valence-corrected chi connectivity index (χ2v) is 6.13. The molecule has 2 aliphatic rings. The van der Waals surface area contributed by atoms with Gasteiger partial charge in [0, 0.05) is 6.04 Å². The van der Waals surface area contributed by atoms with Gasteiger partial charge in [-0.2, -0.15) is 5.26 Å². The molecule has 0 aromatic carbocycles. The minimum absolute atomic E-state index is 0.199. The predicted molar refractivity (Wildman–Crippen MR) is 61.4 cm³/mol. The van der Waals surface area contributed by atoms with Gasteiger partial charge < -0.3 is 0 Å². The van der Waals surface area contributed by atoms with Crippen molar-refractivity contribution in [1.29, 1.82) is 5.26 Å². The lowest BCUT2D eigenvalue weighted by Crippen LogP contribution is -2.44. The summed E-state index contributed by atoms with van der Waals surface area (Å²) in [6.45, 7) is 4.66. The van der Waals surface area contributed by atoms with Crippen LogP contribution >= 0.6 is 0 Å². The molecule has 0 aliphatic heterocycles. The number of hydrogen-bond donors (Lipinski definition) is 1. The summed E-state index contributed by atoms with van der Waals surface area (Å²) in [5, 5.41) is 13.0. The van der Waals surface area contributed by atoms with E-state index in [9.17, 15) is 5.26 Å². The predicted octanol–water partition coefficient (Wildman–Crippen LogP) is 2.99. The third-order valence-corrected chi connectivity index (χ3v) is 3.96. The Balaban J connectivity index is 2.02. The smallest absolute Gasteiger partial charge is 0.107 e. The van der Waals surface area contributed by atoms with Gasteiger partial charge in [0.1, 0.15) is 5.54 Å². The van der Waals surface area contributed by atoms with E-state index < -0.39 is 0 Å². The van der Waals surface area contributed by atoms with Crippen LogP contribution in [0, 0.1) is 16.7 Å². The number of rotatable bonds is 2. The molecule has 0 radical (unpaired) electrons. The van der Waals surface area contributed by atoms with E-state index in [1.165, 1.54) is 32.1 Å². The van der Waals surface area contributed by atoms with Gasteiger partial charge in [0.15, 0.2) is 0 Å². The average molecular weight is 206 g/mol. The maximum Gasteiger partial charge on any atom is 0.107 e. The Morgan fingerprint density at radius 2 is 1.87 bits per heavy atom. The van der Waals surface area contributed by atoms with Gasteiger partial charge in [0.25, 0.3) is 0 Å². The Hall–Kier alpha value is -0.550. The van der Waals surface area contributed by atoms with Crippen LogP contribution in [0.3, 0.4) is 0 Å². The molecule has 0 amide bonds. The van der Waals surface area contributed by atoms with Crippen LogP contribution in [0.15, 0.2) is 0 Å². The molecule has 2 heteroatoms. The summed E-state index contributed by atoms with van der Waals surface area (Å²) in [6, 6.07) is 3.20. The lowest BCUT2D eigenvalue weighted by Gasteiger charge is -2.27. The first kappa shape index (κ1) is 11.0. The van der Waals surface area contributed by atoms with Gasteiger partial charge in [-0.1, -0.05) is 20.3 Å². The fourth-order valence-electron chi connectivity index (χ4n) is 2.58. The minimum atomic E-state index is -0.199. The average Bonchev–Trinajstić information content (AvgIpc) is 2.97. The molecule has 0 heterocycles. The molecule has 1 atom stereocenters. The molecule has 0 aromatic heterocycles. The highest BCUT2D eigenvalue weighted by atomic mass is 15.0. The molecule has 2 aliphatic carbocycles. The highest BCUT2D eigenvalue weighted by molar-refractivity contribution is 5.11. The summed E-state index contributed by atoms with van der Waals surface area (Å²) < 4.78 is 0. The standard InChI is InChI=1S/C13H22N2/c1-12(2)6-3-7-13(10-14,9-8-12)15-11-4-5-11/h11,15H,3-9H2,1-2H3. The van der Waals surface area contributed by atoms with Gasteiger partial charge in [-0.3, -0.25) is 5.32 Å². The summed E-state index contributed by atoms with van der Waals surface area (Å²) in [4.78, 5) is 0. The fourth-order valence-corrected chi connectivity index (χ4v) is 2.58. The zero-order valence-corrected chi connectivity index (χ0v) is 9.97. The van der Waals surface area contributed by atoms with Crippen molar-refractivity contribution in [3.63, 3.8) is 0 Å². The van der Waals surface area contributed by atoms with Crippen LogP contribution in [-0.4, -0.2) is 11.6 Å². The first-order valence-corrected chi connectivity index (χ1v) is 6.24. The van der Waals surface area contributed by atoms with Gasteiger partial charge in [-0.05, 0) is 43.9 Å². The Kier molecular flexibility index (Phi) is 2.77. The molecular weight excluding hydrogens is 184 g/mol. The summed E-state index contributed by atoms with van der Waals surface area (Å²) in [5.41, 5.74) is 0.235. The zero-order valence-electron chi connectivity index (χ0n) is 9.97. The Morgan fingerprint density at radius 3 is 2.47 bits per heavy atom. The van der Waals surface area contributed by atoms with Crippen molar-refractivity contribution < 1.29 is 0 Å². The molecule has 1 unspecified atom stereocenters. The van der Waals surface area contributed by atoms with E-state index in [0.29, 0.717) is 11.5 Å². The number of nitrogens with zero attached hydrogens (tertiary/aromatic N) is 1. The van der Waals surface area contributed by atoms with Crippen molar-refractivity contribution in [2.45, 2.75) is 70.4 Å². The van der Waals surface area contributed by atoms with Crippen molar-refractivity contribution >= 4 is 0 Å². The van der Waals surface area contributed by atoms with Crippen molar-refractivity contribution in [2.75, 3.05) is 0 Å². The summed E-state index contributed by atoms with van der Waals surface area (Å²) >= 11 is 0. The highest BCUT2D eigenvalue weighted by Gasteiger charge is 2.39. The van der Waals surface area contributed by atoms with Crippen LogP contribution in [-0.2, 0) is 0 Å². The van der Waals surface area contributed by atoms with Gasteiger partial charge in [-0.15, -0.1) is 0 Å². The summed E-state index contributed by atoms with van der Waals surface area (Å²) in [6.07, 6.45) is 8.26. The number of hydrogen-bond acceptors (Lipinski definition) is 2. The Morgan fingerprint density at radius 1 is 1.13 bits per heavy atom. The Labute approximate surface area is 93.0 Å². The topological polar surface area (TPSA) is 35.8 Å². The fraction of sp³-hybridized carbons (Fsp3) is 0.923. The third kappa shape index (κ3) is 2.72. The maximum atomic E-state index is 9.40. The largest absolute Gasteiger partial charge is 0.297 e. The molecule has 1 N–H and O–H groups in total. The number of nitrogens with one attached hydrogen (secondary N) is 1. The molecule has 0 saturated heterocycles. The highest BCUT2D eigenvalue weighted by Crippen LogP contribution is 2.39. The van der Waals surface area contributed by atoms with E-state index in [2.05, 4.69) is 25.2 Å². The summed E-state index contributed by atoms with van der Waals surface area (Å²) in [5.74, 6) is 0. The molecular formula is C13H22N2. The molecule has 15 heavy (non-hydrogen) atoms. The van der Waals surface area contributed by atoms with E-state index in [-0.39, 0.29) is 5.54 Å². The molecule has 0 bridgehead atoms. The minimum Gasteiger partial charge on any atom is -0.297 e. The van der Waals surface area contributed by atoms with Crippen molar-refractivity contribution in [1.82, 2.24) is 5.32 Å². The van der Waals surface area contributed by atoms with Gasteiger partial charge in [-0.25, -0.2) is 0 Å². The molecule has 84 valence electrons. The van der Waals surface area contributed by atoms with Crippen LogP contribution in [0.1, 0.15) is 58.8 Å². The first-order chi connectivity index (χ1) is 7.05. The second-order valence-electron chi connectivity index (χ2n) is 6.13. The maximum absolute atomic E-state index is 9.40. The molecule has 2 rings (SSSR count). The van der Waals surface area contributed by atoms with Crippen molar-refractivity contribution in [2.24, 2.45) is 5.41 Å². The molecule has 0 aromatic rings. The monoisotopic (exact) mass is 206 g/mol. The van der Waals surface area contributed by atoms with Gasteiger partial charge >= 0.3 is 0 Å². The lowest BCUT2D eigenvalue weighted by atomic mass is 9.84. The van der Waals surface area contributed by atoms with E-state index in [0.717, 1.165) is 12.8 Å². The lowest BCUT2D eigenvalue weighted by molar-refractivity contribution is 0.297. The molecule has 0 spiro atoms. The number of nitriles is 1. The van der Waals surface area contributed by atoms with Crippen LogP contribution < -0.4 is 5.32 Å². The molecule has 2 nitrogen and oxygen atoms in total. The zero-order chi connectivity index (χ0) is 10.9. The van der Waals surface area contributed by atoms with E-state index >= 15 is 0 Å². The quantitative estimate of drug-likeness (QED) is 0.705. The Bertz CT molecular complexity index is 273. The van der Waals surface area contributed by atoms with Crippen LogP contribution in [0.2, 0.25) is 0 Å².